The van der Waals surface area contributed by atoms with E-state index >= 15 is 0 Å². The van der Waals surface area contributed by atoms with Gasteiger partial charge in [0.15, 0.2) is 0 Å². The quantitative estimate of drug-likeness (QED) is 0.825. The minimum absolute atomic E-state index is 0.549. The van der Waals surface area contributed by atoms with Gasteiger partial charge in [0.1, 0.15) is 0 Å². The fraction of sp³-hybridized carbons (Fsp3) is 1.00. The minimum atomic E-state index is 0.549. The second-order valence-corrected chi connectivity index (χ2v) is 8.96. The maximum absolute atomic E-state index is 3.85. The summed E-state index contributed by atoms with van der Waals surface area (Å²) in [5.74, 6) is 0.957. The molecule has 0 spiro atoms. The molecule has 1 heterocycles. The van der Waals surface area contributed by atoms with Crippen molar-refractivity contribution in [2.75, 3.05) is 26.2 Å². The molecule has 0 radical (unpaired) electrons. The van der Waals surface area contributed by atoms with Gasteiger partial charge in [-0.1, -0.05) is 33.6 Å². The summed E-state index contributed by atoms with van der Waals surface area (Å²) in [6.45, 7) is 12.6. The molecule has 2 heteroatoms. The number of nitrogens with zero attached hydrogens (tertiary/aromatic N) is 1. The first-order valence-electron chi connectivity index (χ1n) is 8.92. The standard InChI is InChI=1S/C18H34N2/c1-15-6-8-18(9-7-15,12-19-16-4-5-16)14-20-11-10-17(2,3)13-20/h15-16,19H,4-14H2,1-3H3. The molecule has 0 aromatic heterocycles. The summed E-state index contributed by atoms with van der Waals surface area (Å²) in [5.41, 5.74) is 1.13. The number of hydrogen-bond donors (Lipinski definition) is 1. The Balaban J connectivity index is 1.59. The molecule has 1 saturated heterocycles. The van der Waals surface area contributed by atoms with E-state index in [1.165, 1.54) is 71.1 Å². The van der Waals surface area contributed by atoms with Crippen LogP contribution in [0, 0.1) is 16.7 Å². The molecule has 1 aliphatic heterocycles. The molecule has 20 heavy (non-hydrogen) atoms. The maximum Gasteiger partial charge on any atom is 0.00684 e. The molecule has 0 bridgehead atoms. The lowest BCUT2D eigenvalue weighted by Gasteiger charge is -2.42. The van der Waals surface area contributed by atoms with E-state index in [9.17, 15) is 0 Å². The Bertz CT molecular complexity index is 324. The van der Waals surface area contributed by atoms with Crippen LogP contribution in [-0.4, -0.2) is 37.1 Å². The van der Waals surface area contributed by atoms with E-state index in [2.05, 4.69) is 31.0 Å². The van der Waals surface area contributed by atoms with Gasteiger partial charge in [-0.15, -0.1) is 0 Å². The van der Waals surface area contributed by atoms with E-state index in [1.54, 1.807) is 0 Å². The van der Waals surface area contributed by atoms with Crippen LogP contribution >= 0.6 is 0 Å². The van der Waals surface area contributed by atoms with E-state index in [4.69, 9.17) is 0 Å². The molecule has 3 aliphatic rings. The summed E-state index contributed by atoms with van der Waals surface area (Å²) in [6, 6.07) is 0.862. The van der Waals surface area contributed by atoms with E-state index in [-0.39, 0.29) is 0 Å². The fourth-order valence-electron chi connectivity index (χ4n) is 4.25. The number of rotatable bonds is 5. The van der Waals surface area contributed by atoms with Gasteiger partial charge in [-0.2, -0.15) is 0 Å². The van der Waals surface area contributed by atoms with Crippen LogP contribution in [0.3, 0.4) is 0 Å². The zero-order valence-electron chi connectivity index (χ0n) is 13.9. The predicted molar refractivity (Wildman–Crippen MR) is 85.9 cm³/mol. The van der Waals surface area contributed by atoms with Crippen molar-refractivity contribution in [3.63, 3.8) is 0 Å². The van der Waals surface area contributed by atoms with Crippen molar-refractivity contribution in [2.45, 2.75) is 71.8 Å². The van der Waals surface area contributed by atoms with Crippen LogP contribution in [0.15, 0.2) is 0 Å². The molecule has 2 saturated carbocycles. The van der Waals surface area contributed by atoms with E-state index in [0.29, 0.717) is 10.8 Å². The number of hydrogen-bond acceptors (Lipinski definition) is 2. The summed E-state index contributed by atoms with van der Waals surface area (Å²) in [4.78, 5) is 2.77. The Morgan fingerprint density at radius 3 is 2.30 bits per heavy atom. The van der Waals surface area contributed by atoms with Crippen LogP contribution in [-0.2, 0) is 0 Å². The van der Waals surface area contributed by atoms with E-state index in [0.717, 1.165) is 12.0 Å². The molecule has 1 N–H and O–H groups in total. The lowest BCUT2D eigenvalue weighted by atomic mass is 9.70. The third-order valence-corrected chi connectivity index (χ3v) is 5.99. The molecule has 3 rings (SSSR count). The summed E-state index contributed by atoms with van der Waals surface area (Å²) in [5, 5.41) is 3.85. The van der Waals surface area contributed by atoms with E-state index < -0.39 is 0 Å². The van der Waals surface area contributed by atoms with Crippen LogP contribution in [0.2, 0.25) is 0 Å². The molecular formula is C18H34N2. The average molecular weight is 278 g/mol. The van der Waals surface area contributed by atoms with Crippen LogP contribution in [0.4, 0.5) is 0 Å². The SMILES string of the molecule is CC1CCC(CNC2CC2)(CN2CCC(C)(C)C2)CC1. The largest absolute Gasteiger partial charge is 0.313 e. The number of nitrogens with one attached hydrogen (secondary N) is 1. The summed E-state index contributed by atoms with van der Waals surface area (Å²) in [7, 11) is 0. The van der Waals surface area contributed by atoms with Gasteiger partial charge >= 0.3 is 0 Å². The zero-order chi connectivity index (χ0) is 14.2. The highest BCUT2D eigenvalue weighted by molar-refractivity contribution is 4.94. The van der Waals surface area contributed by atoms with Gasteiger partial charge in [-0.3, -0.25) is 0 Å². The fourth-order valence-corrected chi connectivity index (χ4v) is 4.25. The highest BCUT2D eigenvalue weighted by Gasteiger charge is 2.39. The molecule has 0 aromatic rings. The van der Waals surface area contributed by atoms with Crippen molar-refractivity contribution < 1.29 is 0 Å². The van der Waals surface area contributed by atoms with Gasteiger partial charge in [0.2, 0.25) is 0 Å². The first kappa shape index (κ1) is 14.8. The monoisotopic (exact) mass is 278 g/mol. The third kappa shape index (κ3) is 3.76. The molecule has 2 nitrogen and oxygen atoms in total. The van der Waals surface area contributed by atoms with Gasteiger partial charge in [-0.05, 0) is 55.4 Å². The molecule has 0 amide bonds. The van der Waals surface area contributed by atoms with Crippen LogP contribution < -0.4 is 5.32 Å². The topological polar surface area (TPSA) is 15.3 Å². The lowest BCUT2D eigenvalue weighted by Crippen LogP contribution is -2.46. The summed E-state index contributed by atoms with van der Waals surface area (Å²) in [6.07, 6.45) is 10.0. The van der Waals surface area contributed by atoms with Crippen LogP contribution in [0.5, 0.6) is 0 Å². The minimum Gasteiger partial charge on any atom is -0.313 e. The Morgan fingerprint density at radius 2 is 1.75 bits per heavy atom. The van der Waals surface area contributed by atoms with Crippen molar-refractivity contribution >= 4 is 0 Å². The second-order valence-electron chi connectivity index (χ2n) is 8.96. The van der Waals surface area contributed by atoms with Crippen molar-refractivity contribution in [2.24, 2.45) is 16.7 Å². The highest BCUT2D eigenvalue weighted by Crippen LogP contribution is 2.41. The summed E-state index contributed by atoms with van der Waals surface area (Å²) >= 11 is 0. The molecule has 116 valence electrons. The maximum atomic E-state index is 3.85. The smallest absolute Gasteiger partial charge is 0.00684 e. The van der Waals surface area contributed by atoms with Crippen molar-refractivity contribution in [3.8, 4) is 0 Å². The number of likely N-dealkylation sites (tertiary alicyclic amines) is 1. The van der Waals surface area contributed by atoms with Crippen molar-refractivity contribution in [1.29, 1.82) is 0 Å². The van der Waals surface area contributed by atoms with Crippen LogP contribution in [0.1, 0.15) is 65.7 Å². The molecule has 0 unspecified atom stereocenters. The Kier molecular flexibility index (Phi) is 4.16. The Labute approximate surface area is 125 Å². The van der Waals surface area contributed by atoms with Crippen molar-refractivity contribution in [1.82, 2.24) is 10.2 Å². The molecular weight excluding hydrogens is 244 g/mol. The van der Waals surface area contributed by atoms with Gasteiger partial charge in [0.05, 0.1) is 0 Å². The second kappa shape index (κ2) is 5.61. The molecule has 2 aliphatic carbocycles. The Hall–Kier alpha value is -0.0800. The first-order chi connectivity index (χ1) is 9.46. The molecule has 0 atom stereocenters. The third-order valence-electron chi connectivity index (χ3n) is 5.99. The van der Waals surface area contributed by atoms with Crippen LogP contribution in [0.25, 0.3) is 0 Å². The van der Waals surface area contributed by atoms with Crippen molar-refractivity contribution in [3.05, 3.63) is 0 Å². The Morgan fingerprint density at radius 1 is 1.05 bits per heavy atom. The van der Waals surface area contributed by atoms with Gasteiger partial charge in [-0.25, -0.2) is 0 Å². The van der Waals surface area contributed by atoms with Gasteiger partial charge in [0, 0.05) is 25.7 Å². The molecule has 3 fully saturated rings. The van der Waals surface area contributed by atoms with Gasteiger partial charge < -0.3 is 10.2 Å². The lowest BCUT2D eigenvalue weighted by molar-refractivity contribution is 0.0930. The average Bonchev–Trinajstić information content (AvgIpc) is 3.16. The summed E-state index contributed by atoms with van der Waals surface area (Å²) < 4.78 is 0. The van der Waals surface area contributed by atoms with E-state index in [1.807, 2.05) is 0 Å². The highest BCUT2D eigenvalue weighted by atomic mass is 15.2. The molecule has 0 aromatic carbocycles. The first-order valence-corrected chi connectivity index (χ1v) is 8.92. The zero-order valence-corrected chi connectivity index (χ0v) is 13.9. The van der Waals surface area contributed by atoms with Gasteiger partial charge in [0.25, 0.3) is 0 Å². The predicted octanol–water partition coefficient (Wildman–Crippen LogP) is 3.67. The normalized spacial score (nSPS) is 38.2.